The standard InChI is InChI=1S/C33H26F3N3O5S/c1-18-7-4-5-10-25(18)38-30(40)28-20(3)37-32-39(29(28)26-14-11-19(2)43-26)31(41)27(45-32)16-23-12-13-24(44-23)17-42-22-9-6-8-21(15-22)33(34,35)36/h4-16,29H,17H2,1-3H3,(H,38,40)/b27-16+. The summed E-state index contributed by atoms with van der Waals surface area (Å²) in [6.07, 6.45) is -2.94. The van der Waals surface area contributed by atoms with Crippen LogP contribution < -0.4 is 24.9 Å². The van der Waals surface area contributed by atoms with Gasteiger partial charge in [0.2, 0.25) is 0 Å². The van der Waals surface area contributed by atoms with Crippen molar-refractivity contribution in [2.75, 3.05) is 5.32 Å². The molecule has 12 heteroatoms. The van der Waals surface area contributed by atoms with Crippen molar-refractivity contribution in [3.8, 4) is 5.75 Å². The first-order valence-corrected chi connectivity index (χ1v) is 14.6. The van der Waals surface area contributed by atoms with Crippen molar-refractivity contribution in [2.45, 2.75) is 39.6 Å². The lowest BCUT2D eigenvalue weighted by Crippen LogP contribution is -2.40. The van der Waals surface area contributed by atoms with Crippen LogP contribution in [0.15, 0.2) is 103 Å². The molecule has 8 nitrogen and oxygen atoms in total. The number of rotatable bonds is 7. The summed E-state index contributed by atoms with van der Waals surface area (Å²) in [5.74, 6) is 1.35. The summed E-state index contributed by atoms with van der Waals surface area (Å²) in [5.41, 5.74) is 1.03. The van der Waals surface area contributed by atoms with Gasteiger partial charge in [-0.25, -0.2) is 4.99 Å². The smallest absolute Gasteiger partial charge is 0.416 e. The quantitative estimate of drug-likeness (QED) is 0.228. The van der Waals surface area contributed by atoms with Crippen LogP contribution >= 0.6 is 11.3 Å². The number of amides is 1. The van der Waals surface area contributed by atoms with E-state index in [0.717, 1.165) is 29.0 Å². The second-order valence-corrected chi connectivity index (χ2v) is 11.4. The fourth-order valence-corrected chi connectivity index (χ4v) is 6.01. The molecule has 0 aliphatic carbocycles. The molecular weight excluding hydrogens is 607 g/mol. The van der Waals surface area contributed by atoms with E-state index >= 15 is 0 Å². The fraction of sp³-hybridized carbons (Fsp3) is 0.182. The Labute approximate surface area is 258 Å². The van der Waals surface area contributed by atoms with Gasteiger partial charge in [0.15, 0.2) is 4.80 Å². The third-order valence-corrected chi connectivity index (χ3v) is 8.17. The summed E-state index contributed by atoms with van der Waals surface area (Å²) < 4.78 is 58.1. The number of allylic oxidation sites excluding steroid dienone is 1. The molecule has 0 bridgehead atoms. The number of anilines is 1. The second-order valence-electron chi connectivity index (χ2n) is 10.4. The lowest BCUT2D eigenvalue weighted by atomic mass is 10.00. The van der Waals surface area contributed by atoms with E-state index in [0.29, 0.717) is 43.8 Å². The summed E-state index contributed by atoms with van der Waals surface area (Å²) in [4.78, 5) is 32.6. The van der Waals surface area contributed by atoms with Crippen LogP contribution in [0.4, 0.5) is 18.9 Å². The molecule has 45 heavy (non-hydrogen) atoms. The van der Waals surface area contributed by atoms with Crippen molar-refractivity contribution in [3.63, 3.8) is 0 Å². The first-order valence-electron chi connectivity index (χ1n) is 13.8. The topological polar surface area (TPSA) is 99.0 Å². The maximum Gasteiger partial charge on any atom is 0.416 e. The Morgan fingerprint density at radius 1 is 1.04 bits per heavy atom. The fourth-order valence-electron chi connectivity index (χ4n) is 4.98. The van der Waals surface area contributed by atoms with Crippen molar-refractivity contribution in [2.24, 2.45) is 4.99 Å². The highest BCUT2D eigenvalue weighted by Crippen LogP contribution is 2.33. The number of nitrogens with zero attached hydrogens (tertiary/aromatic N) is 2. The number of alkyl halides is 3. The van der Waals surface area contributed by atoms with Crippen molar-refractivity contribution in [1.29, 1.82) is 0 Å². The highest BCUT2D eigenvalue weighted by atomic mass is 32.1. The van der Waals surface area contributed by atoms with Crippen molar-refractivity contribution in [1.82, 2.24) is 4.57 Å². The van der Waals surface area contributed by atoms with E-state index in [1.807, 2.05) is 25.1 Å². The molecule has 0 saturated carbocycles. The molecule has 5 aromatic rings. The summed E-state index contributed by atoms with van der Waals surface area (Å²) in [6.45, 7) is 5.27. The zero-order valence-electron chi connectivity index (χ0n) is 24.3. The predicted molar refractivity (Wildman–Crippen MR) is 162 cm³/mol. The number of aryl methyl sites for hydroxylation is 2. The largest absolute Gasteiger partial charge is 0.486 e. The third kappa shape index (κ3) is 6.14. The maximum absolute atomic E-state index is 13.9. The molecule has 6 rings (SSSR count). The van der Waals surface area contributed by atoms with Crippen LogP contribution in [0, 0.1) is 13.8 Å². The number of nitrogens with one attached hydrogen (secondary N) is 1. The minimum absolute atomic E-state index is 0.0434. The average Bonchev–Trinajstić information content (AvgIpc) is 3.71. The molecule has 0 spiro atoms. The monoisotopic (exact) mass is 633 g/mol. The second kappa shape index (κ2) is 11.8. The van der Waals surface area contributed by atoms with Crippen LogP contribution in [0.3, 0.4) is 0 Å². The van der Waals surface area contributed by atoms with Crippen LogP contribution in [0.2, 0.25) is 0 Å². The number of hydrogen-bond acceptors (Lipinski definition) is 7. The van der Waals surface area contributed by atoms with Gasteiger partial charge >= 0.3 is 6.18 Å². The van der Waals surface area contributed by atoms with E-state index in [2.05, 4.69) is 10.3 Å². The molecule has 1 aliphatic rings. The van der Waals surface area contributed by atoms with Gasteiger partial charge in [0.05, 0.1) is 21.4 Å². The third-order valence-electron chi connectivity index (χ3n) is 7.19. The molecule has 3 aromatic heterocycles. The van der Waals surface area contributed by atoms with Crippen molar-refractivity contribution < 1.29 is 31.5 Å². The Kier molecular flexibility index (Phi) is 7.83. The lowest BCUT2D eigenvalue weighted by Gasteiger charge is -2.23. The van der Waals surface area contributed by atoms with Crippen LogP contribution in [0.25, 0.3) is 6.08 Å². The Bertz CT molecular complexity index is 2130. The van der Waals surface area contributed by atoms with E-state index in [1.165, 1.54) is 16.7 Å². The zero-order valence-corrected chi connectivity index (χ0v) is 25.1. The predicted octanol–water partition coefficient (Wildman–Crippen LogP) is 6.27. The summed E-state index contributed by atoms with van der Waals surface area (Å²) in [7, 11) is 0. The van der Waals surface area contributed by atoms with E-state index in [9.17, 15) is 22.8 Å². The normalized spacial score (nSPS) is 15.2. The molecule has 2 aromatic carbocycles. The van der Waals surface area contributed by atoms with Gasteiger partial charge in [0.25, 0.3) is 11.5 Å². The lowest BCUT2D eigenvalue weighted by molar-refractivity contribution is -0.137. The number of para-hydroxylation sites is 1. The summed E-state index contributed by atoms with van der Waals surface area (Å²) >= 11 is 1.13. The maximum atomic E-state index is 13.9. The molecule has 1 amide bonds. The number of carbonyl (C=O) groups excluding carboxylic acids is 1. The molecule has 0 saturated heterocycles. The number of aromatic nitrogens is 1. The average molecular weight is 634 g/mol. The molecule has 1 unspecified atom stereocenters. The minimum atomic E-state index is -4.49. The summed E-state index contributed by atoms with van der Waals surface area (Å²) in [6, 6.07) is 17.8. The number of benzene rings is 2. The van der Waals surface area contributed by atoms with Gasteiger partial charge in [0.1, 0.15) is 41.4 Å². The van der Waals surface area contributed by atoms with E-state index in [4.69, 9.17) is 13.6 Å². The van der Waals surface area contributed by atoms with Crippen LogP contribution in [0.5, 0.6) is 5.75 Å². The first kappa shape index (κ1) is 29.9. The molecule has 1 atom stereocenters. The molecule has 1 N–H and O–H groups in total. The van der Waals surface area contributed by atoms with E-state index < -0.39 is 29.2 Å². The first-order chi connectivity index (χ1) is 21.5. The van der Waals surface area contributed by atoms with Gasteiger partial charge in [0, 0.05) is 11.8 Å². The zero-order chi connectivity index (χ0) is 31.9. The molecule has 1 aliphatic heterocycles. The number of carbonyl (C=O) groups is 1. The number of furan rings is 2. The Hall–Kier alpha value is -5.10. The Balaban J connectivity index is 1.31. The van der Waals surface area contributed by atoms with Crippen molar-refractivity contribution in [3.05, 3.63) is 138 Å². The van der Waals surface area contributed by atoms with Gasteiger partial charge < -0.3 is 18.9 Å². The van der Waals surface area contributed by atoms with E-state index in [-0.39, 0.29) is 17.9 Å². The number of ether oxygens (including phenoxy) is 1. The van der Waals surface area contributed by atoms with E-state index in [1.54, 1.807) is 50.3 Å². The Morgan fingerprint density at radius 2 is 1.84 bits per heavy atom. The number of thiazole rings is 1. The highest BCUT2D eigenvalue weighted by Gasteiger charge is 2.35. The number of hydrogen-bond donors (Lipinski definition) is 1. The van der Waals surface area contributed by atoms with Gasteiger partial charge in [-0.3, -0.25) is 14.2 Å². The minimum Gasteiger partial charge on any atom is -0.486 e. The number of fused-ring (bicyclic) bond motifs is 1. The van der Waals surface area contributed by atoms with Gasteiger partial charge in [-0.2, -0.15) is 13.2 Å². The van der Waals surface area contributed by atoms with Gasteiger partial charge in [-0.05, 0) is 74.9 Å². The van der Waals surface area contributed by atoms with Gasteiger partial charge in [-0.1, -0.05) is 35.6 Å². The summed E-state index contributed by atoms with van der Waals surface area (Å²) in [5, 5.41) is 2.95. The van der Waals surface area contributed by atoms with Crippen LogP contribution in [-0.4, -0.2) is 10.5 Å². The van der Waals surface area contributed by atoms with Crippen LogP contribution in [0.1, 0.15) is 47.1 Å². The van der Waals surface area contributed by atoms with Gasteiger partial charge in [-0.15, -0.1) is 0 Å². The molecular formula is C33H26F3N3O5S. The molecule has 4 heterocycles. The van der Waals surface area contributed by atoms with Crippen molar-refractivity contribution >= 4 is 29.0 Å². The molecule has 230 valence electrons. The number of halogens is 3. The molecule has 0 fully saturated rings. The molecule has 0 radical (unpaired) electrons. The SMILES string of the molecule is CC1=C(C(=O)Nc2ccccc2C)C(c2ccc(C)o2)n2c(s/c(=C/c3ccc(COc4cccc(C(F)(F)F)c4)o3)c2=O)=N1. The van der Waals surface area contributed by atoms with Crippen LogP contribution in [-0.2, 0) is 17.6 Å². The Morgan fingerprint density at radius 3 is 2.58 bits per heavy atom. The highest BCUT2D eigenvalue weighted by molar-refractivity contribution is 7.07.